The molecule has 3 heterocycles. The quantitative estimate of drug-likeness (QED) is 0.773. The number of ketones is 2. The minimum Gasteiger partial charge on any atom is -0.336 e. The van der Waals surface area contributed by atoms with Gasteiger partial charge in [0.25, 0.3) is 0 Å². The molecule has 2 aromatic rings. The number of hydrogen-bond acceptors (Lipinski definition) is 6. The van der Waals surface area contributed by atoms with Gasteiger partial charge in [-0.2, -0.15) is 0 Å². The topological polar surface area (TPSA) is 88.2 Å². The maximum Gasteiger partial charge on any atom is 0.230 e. The van der Waals surface area contributed by atoms with Crippen molar-refractivity contribution >= 4 is 11.6 Å². The average molecular weight is 318 g/mol. The van der Waals surface area contributed by atoms with E-state index >= 15 is 0 Å². The molecular weight excluding hydrogens is 300 g/mol. The van der Waals surface area contributed by atoms with Crippen molar-refractivity contribution in [2.24, 2.45) is 14.1 Å². The van der Waals surface area contributed by atoms with Crippen LogP contribution in [0.4, 0.5) is 0 Å². The normalized spacial score (nSPS) is 23.1. The van der Waals surface area contributed by atoms with Gasteiger partial charge in [0.15, 0.2) is 29.6 Å². The van der Waals surface area contributed by atoms with Crippen LogP contribution in [0.15, 0.2) is 24.8 Å². The smallest absolute Gasteiger partial charge is 0.230 e. The third-order valence-corrected chi connectivity index (χ3v) is 3.70. The number of ether oxygens (including phenoxy) is 2. The average Bonchev–Trinajstić information content (AvgIpc) is 3.16. The summed E-state index contributed by atoms with van der Waals surface area (Å²) in [6.45, 7) is 3.33. The monoisotopic (exact) mass is 318 g/mol. The van der Waals surface area contributed by atoms with Crippen molar-refractivity contribution in [1.82, 2.24) is 19.1 Å². The van der Waals surface area contributed by atoms with Crippen LogP contribution in [-0.2, 0) is 23.6 Å². The number of rotatable bonds is 4. The molecule has 23 heavy (non-hydrogen) atoms. The Morgan fingerprint density at radius 1 is 0.957 bits per heavy atom. The molecule has 3 rings (SSSR count). The molecule has 0 aromatic carbocycles. The SMILES string of the molecule is Cn1ccnc1C(=O)[C@@H]1OC(C)(C)O[C@H]1C(=O)c1nccn1C. The Labute approximate surface area is 133 Å². The Balaban J connectivity index is 1.94. The van der Waals surface area contributed by atoms with E-state index in [1.807, 2.05) is 0 Å². The Morgan fingerprint density at radius 2 is 1.35 bits per heavy atom. The lowest BCUT2D eigenvalue weighted by Crippen LogP contribution is -2.39. The molecule has 2 atom stereocenters. The van der Waals surface area contributed by atoms with Gasteiger partial charge < -0.3 is 18.6 Å². The first-order valence-electron chi connectivity index (χ1n) is 7.19. The van der Waals surface area contributed by atoms with Crippen molar-refractivity contribution in [3.05, 3.63) is 36.4 Å². The van der Waals surface area contributed by atoms with Gasteiger partial charge in [-0.15, -0.1) is 0 Å². The first kappa shape index (κ1) is 15.6. The van der Waals surface area contributed by atoms with E-state index in [1.54, 1.807) is 49.5 Å². The van der Waals surface area contributed by atoms with Gasteiger partial charge in [0.05, 0.1) is 0 Å². The predicted octanol–water partition coefficient (Wildman–Crippen LogP) is 0.739. The zero-order valence-electron chi connectivity index (χ0n) is 13.4. The van der Waals surface area contributed by atoms with Gasteiger partial charge in [0.1, 0.15) is 0 Å². The Hall–Kier alpha value is -2.32. The molecule has 0 bridgehead atoms. The van der Waals surface area contributed by atoms with Crippen molar-refractivity contribution in [1.29, 1.82) is 0 Å². The molecule has 8 heteroatoms. The van der Waals surface area contributed by atoms with Gasteiger partial charge in [0.2, 0.25) is 11.6 Å². The first-order chi connectivity index (χ1) is 10.8. The molecule has 122 valence electrons. The van der Waals surface area contributed by atoms with E-state index in [0.29, 0.717) is 0 Å². The number of Topliss-reactive ketones (excluding diaryl/α,β-unsaturated/α-hetero) is 2. The second kappa shape index (κ2) is 5.39. The minimum absolute atomic E-state index is 0.217. The van der Waals surface area contributed by atoms with Gasteiger partial charge in [-0.1, -0.05) is 0 Å². The summed E-state index contributed by atoms with van der Waals surface area (Å²) in [4.78, 5) is 33.5. The number of aryl methyl sites for hydroxylation is 2. The van der Waals surface area contributed by atoms with Gasteiger partial charge in [-0.05, 0) is 13.8 Å². The molecule has 0 aliphatic carbocycles. The predicted molar refractivity (Wildman–Crippen MR) is 78.9 cm³/mol. The highest BCUT2D eigenvalue weighted by atomic mass is 16.8. The summed E-state index contributed by atoms with van der Waals surface area (Å²) < 4.78 is 14.5. The molecule has 0 unspecified atom stereocenters. The fourth-order valence-corrected chi connectivity index (χ4v) is 2.61. The molecule has 2 aromatic heterocycles. The molecule has 0 spiro atoms. The number of nitrogens with zero attached hydrogens (tertiary/aromatic N) is 4. The molecule has 0 N–H and O–H groups in total. The summed E-state index contributed by atoms with van der Waals surface area (Å²) in [5.41, 5.74) is 0. The van der Waals surface area contributed by atoms with Crippen molar-refractivity contribution in [2.75, 3.05) is 0 Å². The maximum atomic E-state index is 12.7. The first-order valence-corrected chi connectivity index (χ1v) is 7.19. The molecule has 0 amide bonds. The van der Waals surface area contributed by atoms with Crippen LogP contribution in [0.1, 0.15) is 35.1 Å². The van der Waals surface area contributed by atoms with E-state index in [1.165, 1.54) is 12.4 Å². The number of carbonyl (C=O) groups is 2. The number of aromatic nitrogens is 4. The molecule has 1 aliphatic rings. The van der Waals surface area contributed by atoms with Crippen LogP contribution in [0.3, 0.4) is 0 Å². The second-order valence-corrected chi connectivity index (χ2v) is 5.93. The van der Waals surface area contributed by atoms with E-state index < -0.39 is 29.6 Å². The fourth-order valence-electron chi connectivity index (χ4n) is 2.61. The lowest BCUT2D eigenvalue weighted by Gasteiger charge is -2.16. The summed E-state index contributed by atoms with van der Waals surface area (Å²) in [6, 6.07) is 0. The number of imidazole rings is 2. The second-order valence-electron chi connectivity index (χ2n) is 5.93. The molecule has 8 nitrogen and oxygen atoms in total. The minimum atomic E-state index is -1.06. The van der Waals surface area contributed by atoms with Crippen molar-refractivity contribution in [2.45, 2.75) is 31.8 Å². The third-order valence-electron chi connectivity index (χ3n) is 3.70. The zero-order chi connectivity index (χ0) is 16.8. The van der Waals surface area contributed by atoms with Crippen LogP contribution in [0.5, 0.6) is 0 Å². The summed E-state index contributed by atoms with van der Waals surface area (Å²) in [7, 11) is 3.41. The van der Waals surface area contributed by atoms with Gasteiger partial charge in [0, 0.05) is 38.9 Å². The van der Waals surface area contributed by atoms with E-state index in [0.717, 1.165) is 0 Å². The van der Waals surface area contributed by atoms with Crippen LogP contribution in [0, 0.1) is 0 Å². The molecule has 1 saturated heterocycles. The molecule has 0 saturated carbocycles. The van der Waals surface area contributed by atoms with Gasteiger partial charge in [-0.3, -0.25) is 9.59 Å². The van der Waals surface area contributed by atoms with Crippen molar-refractivity contribution in [3.63, 3.8) is 0 Å². The number of hydrogen-bond donors (Lipinski definition) is 0. The van der Waals surface area contributed by atoms with E-state index in [9.17, 15) is 9.59 Å². The third kappa shape index (κ3) is 2.71. The van der Waals surface area contributed by atoms with Crippen molar-refractivity contribution < 1.29 is 19.1 Å². The Bertz CT molecular complexity index is 699. The number of carbonyl (C=O) groups excluding carboxylic acids is 2. The van der Waals surface area contributed by atoms with E-state index in [-0.39, 0.29) is 11.6 Å². The van der Waals surface area contributed by atoms with Crippen LogP contribution < -0.4 is 0 Å². The lowest BCUT2D eigenvalue weighted by atomic mass is 10.0. The highest BCUT2D eigenvalue weighted by molar-refractivity contribution is 6.05. The Kier molecular flexibility index (Phi) is 3.65. The van der Waals surface area contributed by atoms with Gasteiger partial charge >= 0.3 is 0 Å². The summed E-state index contributed by atoms with van der Waals surface area (Å²) in [5, 5.41) is 0. The van der Waals surface area contributed by atoms with Crippen LogP contribution in [-0.4, -0.2) is 48.7 Å². The van der Waals surface area contributed by atoms with E-state index in [2.05, 4.69) is 9.97 Å². The summed E-state index contributed by atoms with van der Waals surface area (Å²) >= 11 is 0. The largest absolute Gasteiger partial charge is 0.336 e. The van der Waals surface area contributed by atoms with Crippen LogP contribution in [0.2, 0.25) is 0 Å². The molecule has 1 fully saturated rings. The van der Waals surface area contributed by atoms with Crippen molar-refractivity contribution in [3.8, 4) is 0 Å². The fraction of sp³-hybridized carbons (Fsp3) is 0.467. The summed E-state index contributed by atoms with van der Waals surface area (Å²) in [6.07, 6.45) is 4.23. The zero-order valence-corrected chi connectivity index (χ0v) is 13.4. The molecular formula is C15H18N4O4. The summed E-state index contributed by atoms with van der Waals surface area (Å²) in [5.74, 6) is -1.40. The molecule has 0 radical (unpaired) electrons. The highest BCUT2D eigenvalue weighted by Crippen LogP contribution is 2.31. The Morgan fingerprint density at radius 3 is 1.65 bits per heavy atom. The molecule has 1 aliphatic heterocycles. The standard InChI is InChI=1S/C15H18N4O4/c1-15(2)22-11(9(20)13-16-5-7-18(13)3)12(23-15)10(21)14-17-6-8-19(14)4/h5-8,11-12H,1-4H3/t11-,12-/m0/s1. The van der Waals surface area contributed by atoms with Gasteiger partial charge in [-0.25, -0.2) is 9.97 Å². The van der Waals surface area contributed by atoms with Crippen LogP contribution in [0.25, 0.3) is 0 Å². The highest BCUT2D eigenvalue weighted by Gasteiger charge is 2.50. The lowest BCUT2D eigenvalue weighted by molar-refractivity contribution is -0.139. The maximum absolute atomic E-state index is 12.7. The van der Waals surface area contributed by atoms with Crippen LogP contribution >= 0.6 is 0 Å². The van der Waals surface area contributed by atoms with E-state index in [4.69, 9.17) is 9.47 Å².